The van der Waals surface area contributed by atoms with Crippen LogP contribution in [0.4, 0.5) is 13.2 Å². The van der Waals surface area contributed by atoms with Gasteiger partial charge in [-0.15, -0.1) is 0 Å². The lowest BCUT2D eigenvalue weighted by Gasteiger charge is -2.10. The summed E-state index contributed by atoms with van der Waals surface area (Å²) >= 11 is 0. The Morgan fingerprint density at radius 1 is 1.09 bits per heavy atom. The van der Waals surface area contributed by atoms with Crippen molar-refractivity contribution in [3.8, 4) is 16.9 Å². The third-order valence-electron chi connectivity index (χ3n) is 3.18. The molecule has 2 aromatic carbocycles. The van der Waals surface area contributed by atoms with Crippen molar-refractivity contribution in [2.24, 2.45) is 0 Å². The minimum Gasteiger partial charge on any atom is -0.508 e. The van der Waals surface area contributed by atoms with Crippen LogP contribution in [0.15, 0.2) is 42.5 Å². The zero-order chi connectivity index (χ0) is 17.0. The summed E-state index contributed by atoms with van der Waals surface area (Å²) in [6.45, 7) is 1.94. The van der Waals surface area contributed by atoms with Crippen molar-refractivity contribution in [3.05, 3.63) is 53.6 Å². The molecule has 3 nitrogen and oxygen atoms in total. The molecule has 0 aliphatic carbocycles. The number of rotatable bonds is 4. The molecule has 0 spiro atoms. The molecule has 0 amide bonds. The van der Waals surface area contributed by atoms with Crippen LogP contribution in [-0.2, 0) is 22.1 Å². The van der Waals surface area contributed by atoms with Gasteiger partial charge in [-0.1, -0.05) is 18.2 Å². The van der Waals surface area contributed by atoms with Crippen molar-refractivity contribution in [1.29, 1.82) is 0 Å². The molecule has 122 valence electrons. The Balaban J connectivity index is 2.29. The Bertz CT molecular complexity index is 691. The monoisotopic (exact) mass is 324 g/mol. The Hall–Kier alpha value is -2.50. The molecule has 0 aliphatic rings. The van der Waals surface area contributed by atoms with E-state index < -0.39 is 17.7 Å². The first-order valence-corrected chi connectivity index (χ1v) is 6.96. The molecular formula is C17H15F3O3. The van der Waals surface area contributed by atoms with Crippen LogP contribution in [0.3, 0.4) is 0 Å². The number of hydrogen-bond acceptors (Lipinski definition) is 3. The van der Waals surface area contributed by atoms with Gasteiger partial charge < -0.3 is 9.84 Å². The average molecular weight is 324 g/mol. The van der Waals surface area contributed by atoms with E-state index in [0.717, 1.165) is 12.1 Å². The van der Waals surface area contributed by atoms with Gasteiger partial charge in [0.2, 0.25) is 0 Å². The lowest BCUT2D eigenvalue weighted by Crippen LogP contribution is -2.07. The van der Waals surface area contributed by atoms with Gasteiger partial charge in [-0.25, -0.2) is 0 Å². The molecular weight excluding hydrogens is 309 g/mol. The van der Waals surface area contributed by atoms with Crippen molar-refractivity contribution in [1.82, 2.24) is 0 Å². The Morgan fingerprint density at radius 3 is 2.30 bits per heavy atom. The summed E-state index contributed by atoms with van der Waals surface area (Å²) in [5.74, 6) is -0.502. The Kier molecular flexibility index (Phi) is 4.93. The first kappa shape index (κ1) is 16.9. The van der Waals surface area contributed by atoms with Gasteiger partial charge in [-0.2, -0.15) is 13.2 Å². The number of phenols is 1. The number of phenolic OH excluding ortho intramolecular Hbond substituents is 1. The van der Waals surface area contributed by atoms with E-state index >= 15 is 0 Å². The number of aromatic hydroxyl groups is 1. The van der Waals surface area contributed by atoms with E-state index in [4.69, 9.17) is 4.74 Å². The van der Waals surface area contributed by atoms with E-state index in [0.29, 0.717) is 16.7 Å². The number of esters is 1. The molecule has 0 radical (unpaired) electrons. The van der Waals surface area contributed by atoms with Crippen molar-refractivity contribution in [2.45, 2.75) is 19.5 Å². The normalized spacial score (nSPS) is 11.3. The van der Waals surface area contributed by atoms with E-state index in [1.165, 1.54) is 24.3 Å². The Morgan fingerprint density at radius 2 is 1.74 bits per heavy atom. The summed E-state index contributed by atoms with van der Waals surface area (Å²) in [5, 5.41) is 9.75. The molecule has 0 atom stereocenters. The van der Waals surface area contributed by atoms with Crippen molar-refractivity contribution in [2.75, 3.05) is 6.61 Å². The molecule has 0 saturated heterocycles. The second kappa shape index (κ2) is 6.73. The quantitative estimate of drug-likeness (QED) is 0.858. The largest absolute Gasteiger partial charge is 0.508 e. The summed E-state index contributed by atoms with van der Waals surface area (Å²) in [4.78, 5) is 11.5. The molecule has 0 unspecified atom stereocenters. The van der Waals surface area contributed by atoms with Crippen LogP contribution in [0.1, 0.15) is 18.1 Å². The highest BCUT2D eigenvalue weighted by Crippen LogP contribution is 2.32. The minimum atomic E-state index is -4.40. The molecule has 0 aliphatic heterocycles. The summed E-state index contributed by atoms with van der Waals surface area (Å²) in [7, 11) is 0. The maximum atomic E-state index is 12.6. The van der Waals surface area contributed by atoms with Gasteiger partial charge in [0.05, 0.1) is 18.6 Å². The zero-order valence-electron chi connectivity index (χ0n) is 12.4. The number of halogens is 3. The van der Waals surface area contributed by atoms with Gasteiger partial charge >= 0.3 is 12.1 Å². The molecule has 0 aromatic heterocycles. The summed E-state index contributed by atoms with van der Waals surface area (Å²) in [6, 6.07) is 9.09. The molecule has 2 aromatic rings. The van der Waals surface area contributed by atoms with E-state index in [2.05, 4.69) is 0 Å². The maximum absolute atomic E-state index is 12.6. The fourth-order valence-corrected chi connectivity index (χ4v) is 2.17. The number of alkyl halides is 3. The predicted molar refractivity (Wildman–Crippen MR) is 78.9 cm³/mol. The SMILES string of the molecule is CCOC(=O)Cc1cc(O)cc(-c2ccc(C(F)(F)F)cc2)c1. The second-order valence-electron chi connectivity index (χ2n) is 4.95. The fraction of sp³-hybridized carbons (Fsp3) is 0.235. The number of ether oxygens (including phenoxy) is 1. The molecule has 2 rings (SSSR count). The standard InChI is InChI=1S/C17H15F3O3/c1-2-23-16(22)9-11-7-13(10-15(21)8-11)12-3-5-14(6-4-12)17(18,19)20/h3-8,10,21H,2,9H2,1H3. The van der Waals surface area contributed by atoms with Gasteiger partial charge in [0.25, 0.3) is 0 Å². The third kappa shape index (κ3) is 4.48. The molecule has 0 heterocycles. The smallest absolute Gasteiger partial charge is 0.416 e. The van der Waals surface area contributed by atoms with Crippen molar-refractivity contribution in [3.63, 3.8) is 0 Å². The fourth-order valence-electron chi connectivity index (χ4n) is 2.17. The molecule has 0 saturated carbocycles. The molecule has 0 bridgehead atoms. The zero-order valence-corrected chi connectivity index (χ0v) is 12.4. The summed E-state index contributed by atoms with van der Waals surface area (Å²) in [6.07, 6.45) is -4.41. The number of carbonyl (C=O) groups is 1. The molecule has 1 N–H and O–H groups in total. The topological polar surface area (TPSA) is 46.5 Å². The molecule has 6 heteroatoms. The lowest BCUT2D eigenvalue weighted by atomic mass is 10.00. The summed E-state index contributed by atoms with van der Waals surface area (Å²) in [5.41, 5.74) is 0.823. The van der Waals surface area contributed by atoms with E-state index in [-0.39, 0.29) is 18.8 Å². The van der Waals surface area contributed by atoms with E-state index in [1.54, 1.807) is 13.0 Å². The highest BCUT2D eigenvalue weighted by atomic mass is 19.4. The van der Waals surface area contributed by atoms with Crippen molar-refractivity contribution >= 4 is 5.97 Å². The minimum absolute atomic E-state index is 0.0180. The van der Waals surface area contributed by atoms with Crippen LogP contribution in [0.2, 0.25) is 0 Å². The number of benzene rings is 2. The van der Waals surface area contributed by atoms with Crippen LogP contribution in [0.25, 0.3) is 11.1 Å². The van der Waals surface area contributed by atoms with Gasteiger partial charge in [0.1, 0.15) is 5.75 Å². The maximum Gasteiger partial charge on any atom is 0.416 e. The number of carbonyl (C=O) groups excluding carboxylic acids is 1. The van der Waals surface area contributed by atoms with Crippen molar-refractivity contribution < 1.29 is 27.8 Å². The van der Waals surface area contributed by atoms with Crippen LogP contribution >= 0.6 is 0 Å². The van der Waals surface area contributed by atoms with E-state index in [1.807, 2.05) is 0 Å². The van der Waals surface area contributed by atoms with Gasteiger partial charge in [-0.3, -0.25) is 4.79 Å². The highest BCUT2D eigenvalue weighted by molar-refractivity contribution is 5.74. The highest BCUT2D eigenvalue weighted by Gasteiger charge is 2.29. The summed E-state index contributed by atoms with van der Waals surface area (Å²) < 4.78 is 42.6. The first-order chi connectivity index (χ1) is 10.8. The first-order valence-electron chi connectivity index (χ1n) is 6.96. The van der Waals surface area contributed by atoms with Gasteiger partial charge in [-0.05, 0) is 47.9 Å². The van der Waals surface area contributed by atoms with Gasteiger partial charge in [0, 0.05) is 0 Å². The van der Waals surface area contributed by atoms with Gasteiger partial charge in [0.15, 0.2) is 0 Å². The average Bonchev–Trinajstić information content (AvgIpc) is 2.46. The third-order valence-corrected chi connectivity index (χ3v) is 3.18. The Labute approximate surface area is 131 Å². The molecule has 23 heavy (non-hydrogen) atoms. The van der Waals surface area contributed by atoms with Crippen LogP contribution in [0.5, 0.6) is 5.75 Å². The van der Waals surface area contributed by atoms with Crippen LogP contribution < -0.4 is 0 Å². The molecule has 0 fully saturated rings. The van der Waals surface area contributed by atoms with E-state index in [9.17, 15) is 23.1 Å². The van der Waals surface area contributed by atoms with Crippen LogP contribution in [0, 0.1) is 0 Å². The predicted octanol–water partition coefficient (Wildman–Crippen LogP) is 4.18. The second-order valence-corrected chi connectivity index (χ2v) is 4.95. The van der Waals surface area contributed by atoms with Crippen LogP contribution in [-0.4, -0.2) is 17.7 Å². The lowest BCUT2D eigenvalue weighted by molar-refractivity contribution is -0.142. The number of hydrogen-bond donors (Lipinski definition) is 1.